The number of aromatic hydroxyl groups is 2. The number of phenolic OH excluding ortho intramolecular Hbond substituents is 2. The number of benzene rings is 3. The zero-order chi connectivity index (χ0) is 14.3. The average molecular weight is 266 g/mol. The Balaban J connectivity index is 2.67. The highest BCUT2D eigenvalue weighted by Gasteiger charge is 2.14. The van der Waals surface area contributed by atoms with E-state index in [1.54, 1.807) is 12.1 Å². The number of carbonyl (C=O) groups excluding carboxylic acids is 2. The highest BCUT2D eigenvalue weighted by atomic mass is 16.3. The van der Waals surface area contributed by atoms with Crippen molar-refractivity contribution in [1.82, 2.24) is 0 Å². The molecule has 20 heavy (non-hydrogen) atoms. The summed E-state index contributed by atoms with van der Waals surface area (Å²) >= 11 is 0. The molecule has 3 rings (SSSR count). The summed E-state index contributed by atoms with van der Waals surface area (Å²) in [7, 11) is 0. The Morgan fingerprint density at radius 2 is 1.05 bits per heavy atom. The van der Waals surface area contributed by atoms with Crippen molar-refractivity contribution in [2.24, 2.45) is 0 Å². The molecular formula is C16H10O4. The Kier molecular flexibility index (Phi) is 2.64. The average Bonchev–Trinajstić information content (AvgIpc) is 2.44. The number of rotatable bonds is 2. The van der Waals surface area contributed by atoms with Gasteiger partial charge in [-0.2, -0.15) is 0 Å². The van der Waals surface area contributed by atoms with Crippen LogP contribution in [0.4, 0.5) is 0 Å². The van der Waals surface area contributed by atoms with E-state index in [9.17, 15) is 19.8 Å². The van der Waals surface area contributed by atoms with Crippen molar-refractivity contribution in [2.75, 3.05) is 0 Å². The third-order valence-electron chi connectivity index (χ3n) is 3.40. The van der Waals surface area contributed by atoms with Gasteiger partial charge in [0.25, 0.3) is 0 Å². The number of aldehydes is 2. The van der Waals surface area contributed by atoms with Gasteiger partial charge in [-0.3, -0.25) is 9.59 Å². The predicted molar refractivity (Wildman–Crippen MR) is 75.6 cm³/mol. The van der Waals surface area contributed by atoms with Gasteiger partial charge in [-0.15, -0.1) is 0 Å². The second-order valence-electron chi connectivity index (χ2n) is 4.52. The monoisotopic (exact) mass is 266 g/mol. The number of hydrogen-bond acceptors (Lipinski definition) is 4. The fraction of sp³-hybridized carbons (Fsp3) is 0. The summed E-state index contributed by atoms with van der Waals surface area (Å²) in [6.45, 7) is 0. The molecule has 0 saturated carbocycles. The zero-order valence-corrected chi connectivity index (χ0v) is 10.3. The second-order valence-corrected chi connectivity index (χ2v) is 4.52. The van der Waals surface area contributed by atoms with Crippen LogP contribution in [0.15, 0.2) is 36.4 Å². The van der Waals surface area contributed by atoms with Gasteiger partial charge in [0.05, 0.1) is 0 Å². The number of fused-ring (bicyclic) bond motifs is 2. The van der Waals surface area contributed by atoms with E-state index in [4.69, 9.17) is 0 Å². The lowest BCUT2D eigenvalue weighted by Crippen LogP contribution is -1.93. The minimum atomic E-state index is 0.0237. The molecule has 98 valence electrons. The zero-order valence-electron chi connectivity index (χ0n) is 10.3. The first-order chi connectivity index (χ1) is 9.65. The number of phenols is 2. The summed E-state index contributed by atoms with van der Waals surface area (Å²) in [6.07, 6.45) is 1.38. The second kappa shape index (κ2) is 4.35. The third-order valence-corrected chi connectivity index (χ3v) is 3.40. The van der Waals surface area contributed by atoms with Crippen LogP contribution in [0, 0.1) is 0 Å². The van der Waals surface area contributed by atoms with E-state index in [1.165, 1.54) is 24.3 Å². The summed E-state index contributed by atoms with van der Waals surface area (Å²) in [5.74, 6) is 0.0474. The molecule has 4 heteroatoms. The van der Waals surface area contributed by atoms with E-state index in [-0.39, 0.29) is 11.5 Å². The minimum Gasteiger partial charge on any atom is -0.508 e. The summed E-state index contributed by atoms with van der Waals surface area (Å²) < 4.78 is 0. The molecule has 0 atom stereocenters. The topological polar surface area (TPSA) is 74.6 Å². The predicted octanol–water partition coefficient (Wildman–Crippen LogP) is 3.03. The van der Waals surface area contributed by atoms with E-state index in [0.717, 1.165) is 0 Å². The van der Waals surface area contributed by atoms with Crippen molar-refractivity contribution >= 4 is 34.1 Å². The van der Waals surface area contributed by atoms with Crippen LogP contribution in [0.3, 0.4) is 0 Å². The molecule has 0 heterocycles. The lowest BCUT2D eigenvalue weighted by atomic mass is 9.92. The molecule has 2 N–H and O–H groups in total. The van der Waals surface area contributed by atoms with Gasteiger partial charge in [0, 0.05) is 11.1 Å². The molecule has 0 aliphatic carbocycles. The van der Waals surface area contributed by atoms with Gasteiger partial charge in [0.2, 0.25) is 0 Å². The highest BCUT2D eigenvalue weighted by molar-refractivity contribution is 6.20. The number of carbonyl (C=O) groups is 2. The molecule has 4 nitrogen and oxygen atoms in total. The fourth-order valence-electron chi connectivity index (χ4n) is 2.52. The summed E-state index contributed by atoms with van der Waals surface area (Å²) in [5.41, 5.74) is 0.771. The van der Waals surface area contributed by atoms with Crippen LogP contribution in [0.1, 0.15) is 20.7 Å². The molecule has 0 aromatic heterocycles. The van der Waals surface area contributed by atoms with E-state index in [1.807, 2.05) is 0 Å². The van der Waals surface area contributed by atoms with Crippen molar-refractivity contribution in [3.8, 4) is 11.5 Å². The van der Waals surface area contributed by atoms with E-state index >= 15 is 0 Å². The lowest BCUT2D eigenvalue weighted by molar-refractivity contribution is 0.111. The normalized spacial score (nSPS) is 10.8. The van der Waals surface area contributed by atoms with Gasteiger partial charge in [0.1, 0.15) is 11.5 Å². The van der Waals surface area contributed by atoms with Crippen molar-refractivity contribution in [1.29, 1.82) is 0 Å². The molecular weight excluding hydrogens is 256 g/mol. The first kappa shape index (κ1) is 12.2. The third kappa shape index (κ3) is 1.62. The molecule has 0 fully saturated rings. The quantitative estimate of drug-likeness (QED) is 0.552. The van der Waals surface area contributed by atoms with E-state index < -0.39 is 0 Å². The van der Waals surface area contributed by atoms with E-state index in [0.29, 0.717) is 45.2 Å². The molecule has 3 aromatic carbocycles. The van der Waals surface area contributed by atoms with Crippen LogP contribution in [0.5, 0.6) is 11.5 Å². The first-order valence-electron chi connectivity index (χ1n) is 5.97. The van der Waals surface area contributed by atoms with Gasteiger partial charge in [-0.05, 0) is 57.9 Å². The molecule has 0 amide bonds. The van der Waals surface area contributed by atoms with Crippen LogP contribution in [-0.4, -0.2) is 22.8 Å². The van der Waals surface area contributed by atoms with Crippen LogP contribution in [-0.2, 0) is 0 Å². The largest absolute Gasteiger partial charge is 0.508 e. The van der Waals surface area contributed by atoms with Crippen molar-refractivity contribution in [2.45, 2.75) is 0 Å². The molecule has 0 saturated heterocycles. The van der Waals surface area contributed by atoms with Crippen molar-refractivity contribution in [3.05, 3.63) is 47.5 Å². The molecule has 0 spiro atoms. The van der Waals surface area contributed by atoms with Crippen LogP contribution in [0.25, 0.3) is 21.5 Å². The van der Waals surface area contributed by atoms with Crippen LogP contribution in [0.2, 0.25) is 0 Å². The maximum atomic E-state index is 11.4. The Morgan fingerprint density at radius 1 is 0.650 bits per heavy atom. The Morgan fingerprint density at radius 3 is 1.40 bits per heavy atom. The Hall–Kier alpha value is -2.88. The molecule has 0 aliphatic rings. The smallest absolute Gasteiger partial charge is 0.151 e. The Bertz CT molecular complexity index is 792. The van der Waals surface area contributed by atoms with Crippen molar-refractivity contribution in [3.63, 3.8) is 0 Å². The molecule has 3 aromatic rings. The van der Waals surface area contributed by atoms with Gasteiger partial charge >= 0.3 is 0 Å². The van der Waals surface area contributed by atoms with E-state index in [2.05, 4.69) is 0 Å². The van der Waals surface area contributed by atoms with Gasteiger partial charge in [0.15, 0.2) is 12.6 Å². The number of hydrogen-bond donors (Lipinski definition) is 2. The highest BCUT2D eigenvalue weighted by Crippen LogP contribution is 2.34. The molecule has 0 aliphatic heterocycles. The molecule has 0 unspecified atom stereocenters. The first-order valence-corrected chi connectivity index (χ1v) is 5.97. The van der Waals surface area contributed by atoms with Crippen LogP contribution < -0.4 is 0 Å². The van der Waals surface area contributed by atoms with Gasteiger partial charge < -0.3 is 10.2 Å². The Labute approximate surface area is 113 Å². The maximum Gasteiger partial charge on any atom is 0.151 e. The van der Waals surface area contributed by atoms with Gasteiger partial charge in [-0.1, -0.05) is 0 Å². The minimum absolute atomic E-state index is 0.0237. The van der Waals surface area contributed by atoms with Crippen molar-refractivity contribution < 1.29 is 19.8 Å². The van der Waals surface area contributed by atoms with Gasteiger partial charge in [-0.25, -0.2) is 0 Å². The summed E-state index contributed by atoms with van der Waals surface area (Å²) in [4.78, 5) is 22.8. The lowest BCUT2D eigenvalue weighted by Gasteiger charge is -2.11. The van der Waals surface area contributed by atoms with Crippen LogP contribution >= 0.6 is 0 Å². The fourth-order valence-corrected chi connectivity index (χ4v) is 2.52. The summed E-state index contributed by atoms with van der Waals surface area (Å²) in [6, 6.07) is 9.00. The maximum absolute atomic E-state index is 11.4. The summed E-state index contributed by atoms with van der Waals surface area (Å²) in [5, 5.41) is 21.3. The standard InChI is InChI=1S/C16H10O4/c17-7-15-11-3-1-9(19)5-13(11)16(8-18)12-4-2-10(20)6-14(12)15/h1-8,19-20H. The SMILES string of the molecule is O=Cc1c2ccc(O)cc2c(C=O)c2ccc(O)cc12. The molecule has 0 radical (unpaired) electrons. The molecule has 0 bridgehead atoms.